The molecule has 0 fully saturated rings. The van der Waals surface area contributed by atoms with Crippen molar-refractivity contribution in [3.8, 4) is 0 Å². The zero-order valence-electron chi connectivity index (χ0n) is 11.2. The highest BCUT2D eigenvalue weighted by molar-refractivity contribution is 5.70. The number of carboxylic acid groups (broad SMARTS) is 1. The molecular formula is C12H22NO4-. The molecule has 0 aromatic rings. The van der Waals surface area contributed by atoms with Gasteiger partial charge in [0, 0.05) is 18.4 Å². The van der Waals surface area contributed by atoms with Gasteiger partial charge in [-0.15, -0.1) is 0 Å². The summed E-state index contributed by atoms with van der Waals surface area (Å²) in [4.78, 5) is 22.0. The largest absolute Gasteiger partial charge is 0.550 e. The molecule has 0 heterocycles. The van der Waals surface area contributed by atoms with Gasteiger partial charge in [-0.05, 0) is 33.1 Å². The number of aliphatic carboxylic acids is 1. The first-order chi connectivity index (χ1) is 7.60. The minimum absolute atomic E-state index is 0.197. The first-order valence-electron chi connectivity index (χ1n) is 5.79. The molecule has 0 aromatic carbocycles. The molecule has 0 radical (unpaired) electrons. The van der Waals surface area contributed by atoms with E-state index in [2.05, 4.69) is 5.32 Å². The van der Waals surface area contributed by atoms with E-state index in [-0.39, 0.29) is 12.3 Å². The molecule has 1 N–H and O–H groups in total. The fourth-order valence-corrected chi connectivity index (χ4v) is 1.44. The zero-order chi connectivity index (χ0) is 13.6. The minimum Gasteiger partial charge on any atom is -0.550 e. The van der Waals surface area contributed by atoms with Crippen LogP contribution >= 0.6 is 0 Å². The molecular weight excluding hydrogens is 222 g/mol. The molecule has 100 valence electrons. The van der Waals surface area contributed by atoms with E-state index in [1.165, 1.54) is 0 Å². The van der Waals surface area contributed by atoms with Crippen molar-refractivity contribution in [1.29, 1.82) is 0 Å². The van der Waals surface area contributed by atoms with Crippen molar-refractivity contribution in [2.24, 2.45) is 5.92 Å². The summed E-state index contributed by atoms with van der Waals surface area (Å²) in [6, 6.07) is -0.449. The van der Waals surface area contributed by atoms with Crippen LogP contribution in [-0.2, 0) is 9.53 Å². The van der Waals surface area contributed by atoms with Gasteiger partial charge in [0.2, 0.25) is 0 Å². The van der Waals surface area contributed by atoms with E-state index in [9.17, 15) is 14.7 Å². The fourth-order valence-electron chi connectivity index (χ4n) is 1.44. The Bertz CT molecular complexity index is 268. The monoisotopic (exact) mass is 244 g/mol. The summed E-state index contributed by atoms with van der Waals surface area (Å²) in [6.07, 6.45) is -0.214. The third kappa shape index (κ3) is 9.66. The smallest absolute Gasteiger partial charge is 0.407 e. The molecule has 1 amide bonds. The normalized spacial score (nSPS) is 13.3. The first kappa shape index (κ1) is 15.7. The van der Waals surface area contributed by atoms with Crippen LogP contribution in [0.15, 0.2) is 0 Å². The molecule has 0 aliphatic heterocycles. The van der Waals surface area contributed by atoms with Crippen LogP contribution in [0, 0.1) is 5.92 Å². The molecule has 5 heteroatoms. The van der Waals surface area contributed by atoms with Gasteiger partial charge in [-0.1, -0.05) is 13.8 Å². The number of ether oxygens (including phenoxy) is 1. The van der Waals surface area contributed by atoms with E-state index >= 15 is 0 Å². The van der Waals surface area contributed by atoms with Crippen molar-refractivity contribution >= 4 is 12.1 Å². The van der Waals surface area contributed by atoms with Gasteiger partial charge in [-0.25, -0.2) is 4.79 Å². The number of carbonyl (C=O) groups excluding carboxylic acids is 2. The predicted octanol–water partition coefficient (Wildman–Crippen LogP) is 1.07. The third-order valence-corrected chi connectivity index (χ3v) is 1.89. The van der Waals surface area contributed by atoms with Gasteiger partial charge < -0.3 is 20.0 Å². The molecule has 0 aliphatic rings. The molecule has 0 aliphatic carbocycles. The van der Waals surface area contributed by atoms with Crippen molar-refractivity contribution in [3.63, 3.8) is 0 Å². The summed E-state index contributed by atoms with van der Waals surface area (Å²) in [5.41, 5.74) is -0.589. The Morgan fingerprint density at radius 3 is 2.18 bits per heavy atom. The number of alkyl carbamates (subject to hydrolysis) is 1. The molecule has 0 rings (SSSR count). The Morgan fingerprint density at radius 1 is 1.29 bits per heavy atom. The van der Waals surface area contributed by atoms with Crippen molar-refractivity contribution in [1.82, 2.24) is 5.32 Å². The number of hydrogen-bond donors (Lipinski definition) is 1. The summed E-state index contributed by atoms with van der Waals surface area (Å²) < 4.78 is 5.07. The van der Waals surface area contributed by atoms with Crippen LogP contribution < -0.4 is 10.4 Å². The average molecular weight is 244 g/mol. The van der Waals surface area contributed by atoms with Crippen LogP contribution in [0.1, 0.15) is 47.5 Å². The third-order valence-electron chi connectivity index (χ3n) is 1.89. The highest BCUT2D eigenvalue weighted by atomic mass is 16.6. The molecule has 0 unspecified atom stereocenters. The van der Waals surface area contributed by atoms with Gasteiger partial charge in [0.1, 0.15) is 5.60 Å². The van der Waals surface area contributed by atoms with Crippen molar-refractivity contribution in [2.75, 3.05) is 0 Å². The van der Waals surface area contributed by atoms with Crippen molar-refractivity contribution in [2.45, 2.75) is 59.1 Å². The summed E-state index contributed by atoms with van der Waals surface area (Å²) in [6.45, 7) is 9.17. The Morgan fingerprint density at radius 2 is 1.82 bits per heavy atom. The number of carbonyl (C=O) groups is 2. The second-order valence-electron chi connectivity index (χ2n) is 5.55. The van der Waals surface area contributed by atoms with Crippen LogP contribution in [0.2, 0.25) is 0 Å². The van der Waals surface area contributed by atoms with Crippen molar-refractivity contribution < 1.29 is 19.4 Å². The quantitative estimate of drug-likeness (QED) is 0.784. The van der Waals surface area contributed by atoms with Gasteiger partial charge in [0.05, 0.1) is 0 Å². The highest BCUT2D eigenvalue weighted by Crippen LogP contribution is 2.10. The zero-order valence-corrected chi connectivity index (χ0v) is 11.2. The fraction of sp³-hybridized carbons (Fsp3) is 0.833. The van der Waals surface area contributed by atoms with Gasteiger partial charge >= 0.3 is 6.09 Å². The van der Waals surface area contributed by atoms with Crippen LogP contribution in [0.5, 0.6) is 0 Å². The maximum atomic E-state index is 11.5. The second-order valence-corrected chi connectivity index (χ2v) is 5.55. The van der Waals surface area contributed by atoms with E-state index in [1.54, 1.807) is 20.8 Å². The van der Waals surface area contributed by atoms with Crippen LogP contribution in [0.4, 0.5) is 4.79 Å². The molecule has 17 heavy (non-hydrogen) atoms. The molecule has 5 nitrogen and oxygen atoms in total. The minimum atomic E-state index is -1.17. The lowest BCUT2D eigenvalue weighted by Crippen LogP contribution is -2.42. The standard InChI is InChI=1S/C12H23NO4/c1-8(2)6-9(7-10(14)15)13-11(16)17-12(3,4)5/h8-9H,6-7H2,1-5H3,(H,13,16)(H,14,15)/p-1/t9-/m1/s1. The molecule has 0 bridgehead atoms. The average Bonchev–Trinajstić information content (AvgIpc) is 1.95. The van der Waals surface area contributed by atoms with Gasteiger partial charge in [0.15, 0.2) is 0 Å². The predicted molar refractivity (Wildman–Crippen MR) is 62.2 cm³/mol. The maximum absolute atomic E-state index is 11.5. The van der Waals surface area contributed by atoms with E-state index in [0.717, 1.165) is 0 Å². The number of carboxylic acids is 1. The Labute approximate surface area is 103 Å². The number of hydrogen-bond acceptors (Lipinski definition) is 4. The molecule has 0 spiro atoms. The Balaban J connectivity index is 4.32. The summed E-state index contributed by atoms with van der Waals surface area (Å²) in [7, 11) is 0. The van der Waals surface area contributed by atoms with Crippen LogP contribution in [-0.4, -0.2) is 23.7 Å². The van der Waals surface area contributed by atoms with Crippen LogP contribution in [0.25, 0.3) is 0 Å². The first-order valence-corrected chi connectivity index (χ1v) is 5.79. The highest BCUT2D eigenvalue weighted by Gasteiger charge is 2.20. The maximum Gasteiger partial charge on any atom is 0.407 e. The van der Waals surface area contributed by atoms with E-state index in [0.29, 0.717) is 6.42 Å². The van der Waals surface area contributed by atoms with Gasteiger partial charge in [0.25, 0.3) is 0 Å². The second kappa shape index (κ2) is 6.47. The number of amides is 1. The summed E-state index contributed by atoms with van der Waals surface area (Å²) in [5, 5.41) is 13.1. The van der Waals surface area contributed by atoms with Gasteiger partial charge in [-0.3, -0.25) is 0 Å². The van der Waals surface area contributed by atoms with Crippen LogP contribution in [0.3, 0.4) is 0 Å². The van der Waals surface area contributed by atoms with Crippen molar-refractivity contribution in [3.05, 3.63) is 0 Å². The van der Waals surface area contributed by atoms with E-state index in [1.807, 2.05) is 13.8 Å². The van der Waals surface area contributed by atoms with Gasteiger partial charge in [-0.2, -0.15) is 0 Å². The number of nitrogens with one attached hydrogen (secondary N) is 1. The summed E-state index contributed by atoms with van der Waals surface area (Å²) in [5.74, 6) is -0.888. The molecule has 0 saturated carbocycles. The lowest BCUT2D eigenvalue weighted by Gasteiger charge is -2.24. The molecule has 0 saturated heterocycles. The van der Waals surface area contributed by atoms with E-state index < -0.39 is 23.7 Å². The lowest BCUT2D eigenvalue weighted by atomic mass is 10.0. The topological polar surface area (TPSA) is 78.5 Å². The van der Waals surface area contributed by atoms with E-state index in [4.69, 9.17) is 4.74 Å². The molecule has 1 atom stereocenters. The lowest BCUT2D eigenvalue weighted by molar-refractivity contribution is -0.306. The molecule has 0 aromatic heterocycles. The number of rotatable bonds is 5. The summed E-state index contributed by atoms with van der Waals surface area (Å²) >= 11 is 0. The SMILES string of the molecule is CC(C)C[C@H](CC(=O)[O-])NC(=O)OC(C)(C)C. The Kier molecular flexibility index (Phi) is 5.99. The Hall–Kier alpha value is -1.26.